The van der Waals surface area contributed by atoms with E-state index in [1.165, 1.54) is 11.1 Å². The van der Waals surface area contributed by atoms with E-state index >= 15 is 0 Å². The number of anilines is 1. The molecular weight excluding hydrogens is 394 g/mol. The highest BCUT2D eigenvalue weighted by Gasteiger charge is 2.21. The van der Waals surface area contributed by atoms with Gasteiger partial charge in [-0.3, -0.25) is 9.69 Å². The highest BCUT2D eigenvalue weighted by Crippen LogP contribution is 2.32. The minimum Gasteiger partial charge on any atom is -0.484 e. The van der Waals surface area contributed by atoms with Crippen LogP contribution in [0.25, 0.3) is 10.2 Å². The molecule has 0 N–H and O–H groups in total. The number of likely N-dealkylation sites (N-methyl/N-ethyl adjacent to an activating group) is 1. The van der Waals surface area contributed by atoms with Crippen LogP contribution in [-0.2, 0) is 4.79 Å². The average Bonchev–Trinajstić information content (AvgIpc) is 3.05. The number of halogens is 1. The Labute approximate surface area is 174 Å². The predicted molar refractivity (Wildman–Crippen MR) is 117 cm³/mol. The summed E-state index contributed by atoms with van der Waals surface area (Å²) in [7, 11) is 3.97. The molecule has 0 saturated heterocycles. The van der Waals surface area contributed by atoms with Gasteiger partial charge >= 0.3 is 0 Å². The number of fused-ring (bicyclic) bond motifs is 1. The topological polar surface area (TPSA) is 45.7 Å². The maximum atomic E-state index is 12.9. The van der Waals surface area contributed by atoms with Crippen molar-refractivity contribution in [3.8, 4) is 5.75 Å². The summed E-state index contributed by atoms with van der Waals surface area (Å²) in [5, 5.41) is 1.33. The van der Waals surface area contributed by atoms with Crippen LogP contribution in [0.2, 0.25) is 5.02 Å². The fourth-order valence-corrected chi connectivity index (χ4v) is 4.05. The Hall–Kier alpha value is -2.15. The molecule has 7 heteroatoms. The molecule has 0 unspecified atom stereocenters. The van der Waals surface area contributed by atoms with Crippen LogP contribution in [0, 0.1) is 13.8 Å². The number of hydrogen-bond acceptors (Lipinski definition) is 5. The summed E-state index contributed by atoms with van der Waals surface area (Å²) in [6, 6.07) is 11.2. The van der Waals surface area contributed by atoms with E-state index in [0.717, 1.165) is 16.8 Å². The van der Waals surface area contributed by atoms with Crippen LogP contribution in [-0.4, -0.2) is 49.6 Å². The minimum atomic E-state index is -0.120. The lowest BCUT2D eigenvalue weighted by Crippen LogP contribution is -2.39. The number of rotatable bonds is 7. The molecule has 1 amide bonds. The Bertz CT molecular complexity index is 970. The second-order valence-electron chi connectivity index (χ2n) is 7.02. The molecule has 5 nitrogen and oxygen atoms in total. The zero-order chi connectivity index (χ0) is 20.3. The van der Waals surface area contributed by atoms with Crippen LogP contribution in [0.4, 0.5) is 5.13 Å². The molecule has 3 aromatic rings. The maximum absolute atomic E-state index is 12.9. The van der Waals surface area contributed by atoms with E-state index in [4.69, 9.17) is 21.3 Å². The SMILES string of the molecule is Cc1cc(C)c2sc(N(CCN(C)C)C(=O)COc3ccc(Cl)cc3)nc2c1. The van der Waals surface area contributed by atoms with E-state index in [-0.39, 0.29) is 12.5 Å². The highest BCUT2D eigenvalue weighted by molar-refractivity contribution is 7.22. The van der Waals surface area contributed by atoms with Crippen molar-refractivity contribution in [2.24, 2.45) is 0 Å². The number of thiazole rings is 1. The molecule has 3 rings (SSSR count). The third kappa shape index (κ3) is 5.01. The first-order chi connectivity index (χ1) is 13.3. The van der Waals surface area contributed by atoms with E-state index in [9.17, 15) is 4.79 Å². The van der Waals surface area contributed by atoms with Gasteiger partial charge in [0, 0.05) is 18.1 Å². The summed E-state index contributed by atoms with van der Waals surface area (Å²) in [6.07, 6.45) is 0. The van der Waals surface area contributed by atoms with Crippen LogP contribution in [0.3, 0.4) is 0 Å². The van der Waals surface area contributed by atoms with Gasteiger partial charge in [0.1, 0.15) is 5.75 Å². The standard InChI is InChI=1S/C21H24ClN3O2S/c1-14-11-15(2)20-18(12-14)23-21(28-20)25(10-9-24(3)4)19(26)13-27-17-7-5-16(22)6-8-17/h5-8,11-12H,9-10,13H2,1-4H3. The first kappa shape index (κ1) is 20.6. The molecule has 0 saturated carbocycles. The summed E-state index contributed by atoms with van der Waals surface area (Å²) < 4.78 is 6.78. The number of aromatic nitrogens is 1. The monoisotopic (exact) mass is 417 g/mol. The normalized spacial score (nSPS) is 11.2. The first-order valence-corrected chi connectivity index (χ1v) is 10.2. The van der Waals surface area contributed by atoms with E-state index in [1.54, 1.807) is 40.5 Å². The van der Waals surface area contributed by atoms with Crippen LogP contribution >= 0.6 is 22.9 Å². The number of carbonyl (C=O) groups is 1. The molecule has 0 aliphatic carbocycles. The summed E-state index contributed by atoms with van der Waals surface area (Å²) in [4.78, 5) is 21.4. The molecular formula is C21H24ClN3O2S. The van der Waals surface area contributed by atoms with Crippen molar-refractivity contribution < 1.29 is 9.53 Å². The van der Waals surface area contributed by atoms with Gasteiger partial charge in [0.2, 0.25) is 0 Å². The average molecular weight is 418 g/mol. The molecule has 148 valence electrons. The van der Waals surface area contributed by atoms with Crippen LogP contribution < -0.4 is 9.64 Å². The zero-order valence-corrected chi connectivity index (χ0v) is 18.1. The number of hydrogen-bond donors (Lipinski definition) is 0. The van der Waals surface area contributed by atoms with Gasteiger partial charge in [-0.25, -0.2) is 4.98 Å². The van der Waals surface area contributed by atoms with Crippen LogP contribution in [0.5, 0.6) is 5.75 Å². The Balaban J connectivity index is 1.82. The lowest BCUT2D eigenvalue weighted by molar-refractivity contribution is -0.120. The van der Waals surface area contributed by atoms with Crippen molar-refractivity contribution in [1.82, 2.24) is 9.88 Å². The van der Waals surface area contributed by atoms with Crippen molar-refractivity contribution in [2.45, 2.75) is 13.8 Å². The highest BCUT2D eigenvalue weighted by atomic mass is 35.5. The molecule has 2 aromatic carbocycles. The molecule has 28 heavy (non-hydrogen) atoms. The largest absolute Gasteiger partial charge is 0.484 e. The Morgan fingerprint density at radius 1 is 1.14 bits per heavy atom. The minimum absolute atomic E-state index is 0.0526. The zero-order valence-electron chi connectivity index (χ0n) is 16.5. The molecule has 0 atom stereocenters. The first-order valence-electron chi connectivity index (χ1n) is 9.05. The molecule has 0 aliphatic heterocycles. The molecule has 0 bridgehead atoms. The number of nitrogens with zero attached hydrogens (tertiary/aromatic N) is 3. The lowest BCUT2D eigenvalue weighted by Gasteiger charge is -2.22. The summed E-state index contributed by atoms with van der Waals surface area (Å²) in [5.74, 6) is 0.492. The van der Waals surface area contributed by atoms with Gasteiger partial charge in [-0.15, -0.1) is 0 Å². The second kappa shape index (κ2) is 8.90. The van der Waals surface area contributed by atoms with E-state index < -0.39 is 0 Å². The van der Waals surface area contributed by atoms with E-state index in [2.05, 4.69) is 26.0 Å². The number of ether oxygens (including phenoxy) is 1. The molecule has 0 fully saturated rings. The quantitative estimate of drug-likeness (QED) is 0.566. The lowest BCUT2D eigenvalue weighted by atomic mass is 10.1. The third-order valence-electron chi connectivity index (χ3n) is 4.29. The van der Waals surface area contributed by atoms with Gasteiger partial charge in [-0.1, -0.05) is 29.0 Å². The van der Waals surface area contributed by atoms with Gasteiger partial charge in [0.05, 0.1) is 10.2 Å². The van der Waals surface area contributed by atoms with Gasteiger partial charge in [0.15, 0.2) is 11.7 Å². The summed E-state index contributed by atoms with van der Waals surface area (Å²) in [5.41, 5.74) is 3.27. The second-order valence-corrected chi connectivity index (χ2v) is 8.43. The Morgan fingerprint density at radius 3 is 2.54 bits per heavy atom. The van der Waals surface area contributed by atoms with Gasteiger partial charge in [0.25, 0.3) is 5.91 Å². The number of benzene rings is 2. The van der Waals surface area contributed by atoms with Crippen LogP contribution in [0.1, 0.15) is 11.1 Å². The number of carbonyl (C=O) groups excluding carboxylic acids is 1. The molecule has 1 aromatic heterocycles. The number of amides is 1. The third-order valence-corrected chi connectivity index (χ3v) is 5.77. The van der Waals surface area contributed by atoms with Crippen molar-refractivity contribution in [2.75, 3.05) is 38.7 Å². The maximum Gasteiger partial charge on any atom is 0.266 e. The Morgan fingerprint density at radius 2 is 1.86 bits per heavy atom. The van der Waals surface area contributed by atoms with Gasteiger partial charge in [-0.2, -0.15) is 0 Å². The molecule has 1 heterocycles. The molecule has 0 aliphatic rings. The Kier molecular flexibility index (Phi) is 6.54. The van der Waals surface area contributed by atoms with Crippen LogP contribution in [0.15, 0.2) is 36.4 Å². The predicted octanol–water partition coefficient (Wildman–Crippen LogP) is 4.54. The van der Waals surface area contributed by atoms with Crippen molar-refractivity contribution in [3.63, 3.8) is 0 Å². The van der Waals surface area contributed by atoms with Gasteiger partial charge in [-0.05, 0) is 69.4 Å². The smallest absolute Gasteiger partial charge is 0.266 e. The summed E-state index contributed by atoms with van der Waals surface area (Å²) in [6.45, 7) is 5.37. The summed E-state index contributed by atoms with van der Waals surface area (Å²) >= 11 is 7.44. The molecule has 0 radical (unpaired) electrons. The fraction of sp³-hybridized carbons (Fsp3) is 0.333. The van der Waals surface area contributed by atoms with Crippen molar-refractivity contribution in [3.05, 3.63) is 52.5 Å². The number of aryl methyl sites for hydroxylation is 2. The van der Waals surface area contributed by atoms with Crippen molar-refractivity contribution in [1.29, 1.82) is 0 Å². The fourth-order valence-electron chi connectivity index (χ4n) is 2.86. The van der Waals surface area contributed by atoms with E-state index in [0.29, 0.717) is 22.4 Å². The van der Waals surface area contributed by atoms with E-state index in [1.807, 2.05) is 19.0 Å². The van der Waals surface area contributed by atoms with Crippen molar-refractivity contribution >= 4 is 44.2 Å². The van der Waals surface area contributed by atoms with Gasteiger partial charge < -0.3 is 9.64 Å². The molecule has 0 spiro atoms.